The molecule has 0 radical (unpaired) electrons. The van der Waals surface area contributed by atoms with E-state index >= 15 is 0 Å². The lowest BCUT2D eigenvalue weighted by Gasteiger charge is -2.38. The van der Waals surface area contributed by atoms with Gasteiger partial charge in [0.15, 0.2) is 0 Å². The maximum Gasteiger partial charge on any atom is 0.0750 e. The molecule has 30 heavy (non-hydrogen) atoms. The van der Waals surface area contributed by atoms with E-state index in [4.69, 9.17) is 11.6 Å². The highest BCUT2D eigenvalue weighted by atomic mass is 35.5. The summed E-state index contributed by atoms with van der Waals surface area (Å²) in [5.74, 6) is 0. The second-order valence-corrected chi connectivity index (χ2v) is 8.66. The first-order chi connectivity index (χ1) is 14.5. The van der Waals surface area contributed by atoms with E-state index in [1.807, 2.05) is 0 Å². The molecule has 1 aliphatic carbocycles. The molecule has 148 valence electrons. The maximum absolute atomic E-state index is 6.71. The first-order valence-electron chi connectivity index (χ1n) is 10.3. The van der Waals surface area contributed by atoms with E-state index in [-0.39, 0.29) is 5.38 Å². The SMILES string of the molecule is CC1=CC2=C(c3ccc(C)cc3)c3ccccc3N(c3ccc(C)cc3)C2=CC1Cl. The molecule has 0 saturated heterocycles. The Labute approximate surface area is 183 Å². The number of halogens is 1. The van der Waals surface area contributed by atoms with Gasteiger partial charge in [0.25, 0.3) is 0 Å². The average Bonchev–Trinajstić information content (AvgIpc) is 2.75. The van der Waals surface area contributed by atoms with E-state index in [0.717, 1.165) is 11.4 Å². The molecule has 1 atom stereocenters. The van der Waals surface area contributed by atoms with Crippen LogP contribution in [-0.4, -0.2) is 5.38 Å². The van der Waals surface area contributed by atoms with Crippen molar-refractivity contribution in [3.05, 3.63) is 124 Å². The number of benzene rings is 3. The molecule has 1 unspecified atom stereocenters. The number of hydrogen-bond donors (Lipinski definition) is 0. The summed E-state index contributed by atoms with van der Waals surface area (Å²) in [6, 6.07) is 26.2. The number of aryl methyl sites for hydroxylation is 2. The van der Waals surface area contributed by atoms with Crippen molar-refractivity contribution >= 4 is 28.5 Å². The van der Waals surface area contributed by atoms with Gasteiger partial charge in [0, 0.05) is 22.4 Å². The third kappa shape index (κ3) is 3.11. The van der Waals surface area contributed by atoms with Crippen molar-refractivity contribution in [3.8, 4) is 0 Å². The summed E-state index contributed by atoms with van der Waals surface area (Å²) in [4.78, 5) is 2.35. The molecule has 0 bridgehead atoms. The van der Waals surface area contributed by atoms with Crippen molar-refractivity contribution in [1.29, 1.82) is 0 Å². The predicted octanol–water partition coefficient (Wildman–Crippen LogP) is 7.71. The monoisotopic (exact) mass is 409 g/mol. The average molecular weight is 410 g/mol. The Morgan fingerprint density at radius 3 is 2.10 bits per heavy atom. The predicted molar refractivity (Wildman–Crippen MR) is 128 cm³/mol. The zero-order chi connectivity index (χ0) is 20.8. The highest BCUT2D eigenvalue weighted by Crippen LogP contribution is 2.49. The molecule has 1 nitrogen and oxygen atoms in total. The summed E-state index contributed by atoms with van der Waals surface area (Å²) in [6.45, 7) is 6.36. The number of nitrogens with zero attached hydrogens (tertiary/aromatic N) is 1. The van der Waals surface area contributed by atoms with Crippen LogP contribution in [0.5, 0.6) is 0 Å². The molecule has 0 spiro atoms. The van der Waals surface area contributed by atoms with Crippen LogP contribution in [0.1, 0.15) is 29.2 Å². The number of rotatable bonds is 2. The summed E-state index contributed by atoms with van der Waals surface area (Å²) in [5, 5.41) is -0.110. The van der Waals surface area contributed by atoms with Crippen molar-refractivity contribution in [2.24, 2.45) is 0 Å². The normalized spacial score (nSPS) is 17.9. The number of alkyl halides is 1. The molecule has 2 aliphatic rings. The van der Waals surface area contributed by atoms with Gasteiger partial charge in [0.1, 0.15) is 0 Å². The first-order valence-corrected chi connectivity index (χ1v) is 10.8. The lowest BCUT2D eigenvalue weighted by atomic mass is 9.83. The molecule has 0 aromatic heterocycles. The van der Waals surface area contributed by atoms with Gasteiger partial charge in [0.2, 0.25) is 0 Å². The van der Waals surface area contributed by atoms with Gasteiger partial charge in [-0.15, -0.1) is 11.6 Å². The number of allylic oxidation sites excluding steroid dienone is 3. The Balaban J connectivity index is 1.82. The molecule has 3 aromatic rings. The summed E-state index contributed by atoms with van der Waals surface area (Å²) >= 11 is 6.71. The molecule has 1 aliphatic heterocycles. The second kappa shape index (κ2) is 7.34. The fourth-order valence-electron chi connectivity index (χ4n) is 4.29. The number of fused-ring (bicyclic) bond motifs is 2. The Morgan fingerprint density at radius 1 is 0.767 bits per heavy atom. The minimum atomic E-state index is -0.110. The van der Waals surface area contributed by atoms with Gasteiger partial charge in [0.05, 0.1) is 16.8 Å². The van der Waals surface area contributed by atoms with E-state index < -0.39 is 0 Å². The third-order valence-electron chi connectivity index (χ3n) is 5.94. The van der Waals surface area contributed by atoms with Crippen LogP contribution in [0.15, 0.2) is 102 Å². The van der Waals surface area contributed by atoms with Crippen molar-refractivity contribution in [1.82, 2.24) is 0 Å². The molecule has 0 N–H and O–H groups in total. The van der Waals surface area contributed by atoms with Crippen LogP contribution in [0.3, 0.4) is 0 Å². The lowest BCUT2D eigenvalue weighted by Crippen LogP contribution is -2.26. The zero-order valence-electron chi connectivity index (χ0n) is 17.5. The number of hydrogen-bond acceptors (Lipinski definition) is 1. The highest BCUT2D eigenvalue weighted by Gasteiger charge is 2.32. The number of para-hydroxylation sites is 1. The van der Waals surface area contributed by atoms with Crippen LogP contribution in [0.4, 0.5) is 11.4 Å². The summed E-state index contributed by atoms with van der Waals surface area (Å²) in [5.41, 5.74) is 12.1. The number of anilines is 2. The van der Waals surface area contributed by atoms with E-state index in [1.54, 1.807) is 0 Å². The Bertz CT molecular complexity index is 1210. The fourth-order valence-corrected chi connectivity index (χ4v) is 4.48. The van der Waals surface area contributed by atoms with Crippen molar-refractivity contribution in [2.75, 3.05) is 4.90 Å². The minimum absolute atomic E-state index is 0.110. The van der Waals surface area contributed by atoms with Gasteiger partial charge in [-0.05, 0) is 50.6 Å². The molecule has 0 saturated carbocycles. The largest absolute Gasteiger partial charge is 0.310 e. The lowest BCUT2D eigenvalue weighted by molar-refractivity contribution is 1.07. The molecule has 2 heteroatoms. The smallest absolute Gasteiger partial charge is 0.0750 e. The maximum atomic E-state index is 6.71. The standard InChI is InChI=1S/C28H24ClN/c1-18-8-12-21(13-9-18)28-23-6-4-5-7-26(23)30(22-14-10-19(2)11-15-22)27-17-25(29)20(3)16-24(27)28/h4-17,25H,1-3H3. The summed E-state index contributed by atoms with van der Waals surface area (Å²) in [7, 11) is 0. The van der Waals surface area contributed by atoms with Crippen LogP contribution < -0.4 is 4.90 Å². The highest BCUT2D eigenvalue weighted by molar-refractivity contribution is 6.24. The molecule has 3 aromatic carbocycles. The summed E-state index contributed by atoms with van der Waals surface area (Å²) < 4.78 is 0. The van der Waals surface area contributed by atoms with Crippen LogP contribution >= 0.6 is 11.6 Å². The van der Waals surface area contributed by atoms with Gasteiger partial charge in [-0.2, -0.15) is 0 Å². The first kappa shape index (κ1) is 19.0. The Morgan fingerprint density at radius 2 is 1.40 bits per heavy atom. The molecular weight excluding hydrogens is 386 g/mol. The van der Waals surface area contributed by atoms with Crippen LogP contribution in [0, 0.1) is 13.8 Å². The van der Waals surface area contributed by atoms with Crippen LogP contribution in [-0.2, 0) is 0 Å². The quantitative estimate of drug-likeness (QED) is 0.392. The van der Waals surface area contributed by atoms with Crippen molar-refractivity contribution in [3.63, 3.8) is 0 Å². The van der Waals surface area contributed by atoms with Gasteiger partial charge < -0.3 is 4.90 Å². The Hall–Kier alpha value is -3.03. The topological polar surface area (TPSA) is 3.24 Å². The molecule has 0 amide bonds. The van der Waals surface area contributed by atoms with Crippen molar-refractivity contribution < 1.29 is 0 Å². The minimum Gasteiger partial charge on any atom is -0.310 e. The molecule has 0 fully saturated rings. The van der Waals surface area contributed by atoms with E-state index in [1.165, 1.54) is 44.7 Å². The van der Waals surface area contributed by atoms with Gasteiger partial charge >= 0.3 is 0 Å². The molecule has 5 rings (SSSR count). The van der Waals surface area contributed by atoms with Crippen LogP contribution in [0.25, 0.3) is 5.57 Å². The van der Waals surface area contributed by atoms with Crippen LogP contribution in [0.2, 0.25) is 0 Å². The van der Waals surface area contributed by atoms with Gasteiger partial charge in [-0.1, -0.05) is 77.4 Å². The zero-order valence-corrected chi connectivity index (χ0v) is 18.2. The third-order valence-corrected chi connectivity index (χ3v) is 6.41. The summed E-state index contributed by atoms with van der Waals surface area (Å²) in [6.07, 6.45) is 4.45. The van der Waals surface area contributed by atoms with Gasteiger partial charge in [-0.3, -0.25) is 0 Å². The van der Waals surface area contributed by atoms with Crippen molar-refractivity contribution in [2.45, 2.75) is 26.1 Å². The second-order valence-electron chi connectivity index (χ2n) is 8.18. The Kier molecular flexibility index (Phi) is 4.64. The molecular formula is C28H24ClN. The molecule has 1 heterocycles. The fraction of sp³-hybridized carbons (Fsp3) is 0.143. The van der Waals surface area contributed by atoms with E-state index in [2.05, 4.69) is 111 Å². The van der Waals surface area contributed by atoms with Gasteiger partial charge in [-0.25, -0.2) is 0 Å². The van der Waals surface area contributed by atoms with E-state index in [9.17, 15) is 0 Å². The van der Waals surface area contributed by atoms with E-state index in [0.29, 0.717) is 0 Å².